The number of ether oxygens (including phenoxy) is 3. The monoisotopic (exact) mass is 550 g/mol. The maximum atomic E-state index is 13.0. The normalized spacial score (nSPS) is 55.2. The zero-order valence-corrected chi connectivity index (χ0v) is 22.7. The highest BCUT2D eigenvalue weighted by molar-refractivity contribution is 5.85. The van der Waals surface area contributed by atoms with Crippen molar-refractivity contribution < 1.29 is 49.3 Å². The first-order chi connectivity index (χ1) is 18.4. The van der Waals surface area contributed by atoms with Gasteiger partial charge in [0.1, 0.15) is 19.0 Å². The van der Waals surface area contributed by atoms with Gasteiger partial charge in [-0.25, -0.2) is 4.79 Å². The van der Waals surface area contributed by atoms with E-state index in [2.05, 4.69) is 0 Å². The first-order valence-electron chi connectivity index (χ1n) is 14.5. The standard InChI is InChI=1S/C29H42O10/c1-15-9-21(31)24(34)25(38-15)39-17-3-6-27(14-30)20-11-22(32)26(2)18(16-10-23(33)37-13-16)5-8-29(26,36)19(20)4-7-28(27,35)12-17/h10,14-15,17-22,24-25,31-32,34-36H,3-9,11-13H2,1-2H3/t15-,17+,18-,19-,20+,21-,22-,24-,25+,26+,27+,28+,29+/m1/s1. The van der Waals surface area contributed by atoms with Crippen LogP contribution in [-0.2, 0) is 23.8 Å². The number of aldehydes is 1. The van der Waals surface area contributed by atoms with E-state index in [1.54, 1.807) is 6.92 Å². The third-order valence-corrected chi connectivity index (χ3v) is 11.9. The highest BCUT2D eigenvalue weighted by Crippen LogP contribution is 2.70. The summed E-state index contributed by atoms with van der Waals surface area (Å²) in [5.74, 6) is -1.32. The molecule has 0 unspecified atom stereocenters. The molecule has 10 heteroatoms. The van der Waals surface area contributed by atoms with Crippen molar-refractivity contribution in [1.82, 2.24) is 0 Å². The Morgan fingerprint density at radius 2 is 1.82 bits per heavy atom. The predicted molar refractivity (Wildman–Crippen MR) is 135 cm³/mol. The Morgan fingerprint density at radius 3 is 2.51 bits per heavy atom. The molecule has 5 fully saturated rings. The molecule has 6 rings (SSSR count). The number of esters is 1. The van der Waals surface area contributed by atoms with Gasteiger partial charge in [0.25, 0.3) is 0 Å². The lowest BCUT2D eigenvalue weighted by molar-refractivity contribution is -0.302. The lowest BCUT2D eigenvalue weighted by Crippen LogP contribution is -2.71. The summed E-state index contributed by atoms with van der Waals surface area (Å²) in [6.07, 6.45) is 0.759. The van der Waals surface area contributed by atoms with Crippen molar-refractivity contribution in [1.29, 1.82) is 0 Å². The summed E-state index contributed by atoms with van der Waals surface area (Å²) < 4.78 is 17.0. The van der Waals surface area contributed by atoms with E-state index >= 15 is 0 Å². The molecule has 0 amide bonds. The van der Waals surface area contributed by atoms with Gasteiger partial charge >= 0.3 is 5.97 Å². The molecule has 0 radical (unpaired) electrons. The number of fused-ring (bicyclic) bond motifs is 5. The summed E-state index contributed by atoms with van der Waals surface area (Å²) >= 11 is 0. The molecule has 0 bridgehead atoms. The number of hydrogen-bond acceptors (Lipinski definition) is 10. The first-order valence-corrected chi connectivity index (χ1v) is 14.5. The van der Waals surface area contributed by atoms with Crippen molar-refractivity contribution in [2.24, 2.45) is 28.6 Å². The van der Waals surface area contributed by atoms with Crippen LogP contribution in [0.25, 0.3) is 0 Å². The Hall–Kier alpha value is -1.40. The number of aliphatic hydroxyl groups excluding tert-OH is 3. The number of carbonyl (C=O) groups is 2. The maximum Gasteiger partial charge on any atom is 0.331 e. The van der Waals surface area contributed by atoms with E-state index in [0.717, 1.165) is 11.9 Å². The predicted octanol–water partition coefficient (Wildman–Crippen LogP) is 0.750. The van der Waals surface area contributed by atoms with Crippen LogP contribution in [0.5, 0.6) is 0 Å². The Morgan fingerprint density at radius 1 is 1.05 bits per heavy atom. The summed E-state index contributed by atoms with van der Waals surface area (Å²) in [7, 11) is 0. The van der Waals surface area contributed by atoms with E-state index in [4.69, 9.17) is 14.2 Å². The van der Waals surface area contributed by atoms with Crippen molar-refractivity contribution >= 4 is 12.3 Å². The quantitative estimate of drug-likeness (QED) is 0.192. The van der Waals surface area contributed by atoms with Crippen LogP contribution in [0.1, 0.15) is 71.6 Å². The summed E-state index contributed by atoms with van der Waals surface area (Å²) in [6.45, 7) is 3.87. The summed E-state index contributed by atoms with van der Waals surface area (Å²) in [6, 6.07) is 0. The molecule has 2 aliphatic heterocycles. The van der Waals surface area contributed by atoms with Gasteiger partial charge in [0.05, 0.1) is 41.0 Å². The number of hydrogen-bond donors (Lipinski definition) is 5. The van der Waals surface area contributed by atoms with Gasteiger partial charge in [-0.15, -0.1) is 0 Å². The summed E-state index contributed by atoms with van der Waals surface area (Å²) in [5.41, 5.74) is -3.92. The van der Waals surface area contributed by atoms with Crippen LogP contribution in [0, 0.1) is 28.6 Å². The van der Waals surface area contributed by atoms with Crippen molar-refractivity contribution in [3.05, 3.63) is 11.6 Å². The number of carbonyl (C=O) groups excluding carboxylic acids is 2. The average Bonchev–Trinajstić information content (AvgIpc) is 3.43. The molecule has 5 N–H and O–H groups in total. The van der Waals surface area contributed by atoms with Crippen molar-refractivity contribution in [2.45, 2.75) is 120 Å². The second-order valence-electron chi connectivity index (χ2n) is 13.4. The first kappa shape index (κ1) is 27.8. The van der Waals surface area contributed by atoms with Crippen molar-refractivity contribution in [3.63, 3.8) is 0 Å². The van der Waals surface area contributed by atoms with E-state index in [-0.39, 0.29) is 37.4 Å². The van der Waals surface area contributed by atoms with Crippen LogP contribution >= 0.6 is 0 Å². The van der Waals surface area contributed by atoms with Gasteiger partial charge < -0.3 is 44.5 Å². The van der Waals surface area contributed by atoms with Crippen LogP contribution in [0.2, 0.25) is 0 Å². The third kappa shape index (κ3) is 3.78. The van der Waals surface area contributed by atoms with E-state index in [1.807, 2.05) is 6.92 Å². The molecule has 0 spiro atoms. The number of rotatable bonds is 4. The number of cyclic esters (lactones) is 1. The minimum atomic E-state index is -1.40. The Bertz CT molecular complexity index is 1050. The molecular formula is C29H42O10. The molecule has 0 aromatic heterocycles. The summed E-state index contributed by atoms with van der Waals surface area (Å²) in [4.78, 5) is 24.8. The lowest BCUT2D eigenvalue weighted by atomic mass is 9.41. The summed E-state index contributed by atoms with van der Waals surface area (Å²) in [5, 5.41) is 56.7. The zero-order chi connectivity index (χ0) is 28.0. The molecule has 10 nitrogen and oxygen atoms in total. The second-order valence-corrected chi connectivity index (χ2v) is 13.4. The van der Waals surface area contributed by atoms with Crippen molar-refractivity contribution in [2.75, 3.05) is 6.61 Å². The Kier molecular flexibility index (Phi) is 6.62. The van der Waals surface area contributed by atoms with Crippen LogP contribution in [0.4, 0.5) is 0 Å². The van der Waals surface area contributed by atoms with Crippen LogP contribution in [0.15, 0.2) is 11.6 Å². The van der Waals surface area contributed by atoms with Gasteiger partial charge in [-0.05, 0) is 75.2 Å². The molecule has 0 aromatic rings. The minimum absolute atomic E-state index is 0.159. The molecular weight excluding hydrogens is 508 g/mol. The molecule has 6 aliphatic rings. The lowest BCUT2D eigenvalue weighted by Gasteiger charge is -2.66. The molecule has 13 atom stereocenters. The molecule has 2 heterocycles. The number of aliphatic hydroxyl groups is 5. The van der Waals surface area contributed by atoms with Crippen LogP contribution < -0.4 is 0 Å². The molecule has 218 valence electrons. The van der Waals surface area contributed by atoms with Gasteiger partial charge in [0, 0.05) is 24.3 Å². The maximum absolute atomic E-state index is 13.0. The van der Waals surface area contributed by atoms with Gasteiger partial charge in [-0.3, -0.25) is 0 Å². The van der Waals surface area contributed by atoms with Crippen molar-refractivity contribution in [3.8, 4) is 0 Å². The smallest absolute Gasteiger partial charge is 0.331 e. The Labute approximate surface area is 228 Å². The largest absolute Gasteiger partial charge is 0.458 e. The molecule has 39 heavy (non-hydrogen) atoms. The topological polar surface area (TPSA) is 163 Å². The van der Waals surface area contributed by atoms with Gasteiger partial charge in [0.15, 0.2) is 6.29 Å². The molecule has 0 aromatic carbocycles. The highest BCUT2D eigenvalue weighted by atomic mass is 16.7. The third-order valence-electron chi connectivity index (χ3n) is 11.9. The van der Waals surface area contributed by atoms with Gasteiger partial charge in [-0.2, -0.15) is 0 Å². The van der Waals surface area contributed by atoms with Gasteiger partial charge in [0.2, 0.25) is 0 Å². The van der Waals surface area contributed by atoms with E-state index < -0.39 is 64.6 Å². The van der Waals surface area contributed by atoms with E-state index in [0.29, 0.717) is 44.9 Å². The SMILES string of the molecule is C[C@@H]1C[C@@H](O)[C@@H](O)[C@H](O[C@H]2CC[C@]3(C=O)[C@H]4C[C@@H](O)[C@]5(C)[C@@H](C6=CC(=O)OC6)CC[C@]5(O)[C@@H]4CC[C@]3(O)C2)O1. The highest BCUT2D eigenvalue weighted by Gasteiger charge is 2.74. The molecule has 1 saturated heterocycles. The van der Waals surface area contributed by atoms with Crippen LogP contribution in [-0.4, -0.2) is 92.4 Å². The second kappa shape index (κ2) is 9.31. The average molecular weight is 551 g/mol. The zero-order valence-electron chi connectivity index (χ0n) is 22.7. The van der Waals surface area contributed by atoms with Crippen LogP contribution in [0.3, 0.4) is 0 Å². The van der Waals surface area contributed by atoms with Gasteiger partial charge in [-0.1, -0.05) is 6.92 Å². The minimum Gasteiger partial charge on any atom is -0.458 e. The fourth-order valence-electron chi connectivity index (χ4n) is 9.75. The fourth-order valence-corrected chi connectivity index (χ4v) is 9.75. The van der Waals surface area contributed by atoms with E-state index in [9.17, 15) is 35.1 Å². The van der Waals surface area contributed by atoms with E-state index in [1.165, 1.54) is 6.08 Å². The molecule has 4 saturated carbocycles. The fraction of sp³-hybridized carbons (Fsp3) is 0.862. The Balaban J connectivity index is 1.26. The molecule has 4 aliphatic carbocycles.